The molecule has 1 aliphatic heterocycles. The molecule has 0 N–H and O–H groups in total. The van der Waals surface area contributed by atoms with Gasteiger partial charge in [-0.15, -0.1) is 0 Å². The number of rotatable bonds is 6. The minimum atomic E-state index is -0.208. The van der Waals surface area contributed by atoms with Gasteiger partial charge >= 0.3 is 0 Å². The molecule has 6 rings (SSSR count). The zero-order valence-electron chi connectivity index (χ0n) is 28.9. The second kappa shape index (κ2) is 13.3. The highest BCUT2D eigenvalue weighted by atomic mass is 16.7. The van der Waals surface area contributed by atoms with Gasteiger partial charge in [-0.25, -0.2) is 0 Å². The molecule has 0 aromatic rings. The van der Waals surface area contributed by atoms with E-state index in [0.717, 1.165) is 121 Å². The summed E-state index contributed by atoms with van der Waals surface area (Å²) in [7, 11) is 0. The van der Waals surface area contributed by atoms with Gasteiger partial charge in [0.25, 0.3) is 0 Å². The first-order chi connectivity index (χ1) is 18.8. The molecular formula is C38H70O2. The first-order valence-electron chi connectivity index (χ1n) is 18.0. The second-order valence-corrected chi connectivity index (χ2v) is 17.4. The normalized spacial score (nSPS) is 41.0. The molecule has 10 atom stereocenters. The molecule has 5 aliphatic carbocycles. The number of fused-ring (bicyclic) bond motifs is 2. The molecule has 10 unspecified atom stereocenters. The zero-order chi connectivity index (χ0) is 29.5. The Labute approximate surface area is 250 Å². The molecule has 6 aliphatic rings. The molecule has 40 heavy (non-hydrogen) atoms. The van der Waals surface area contributed by atoms with E-state index in [0.29, 0.717) is 0 Å². The molecular weight excluding hydrogens is 488 g/mol. The lowest BCUT2D eigenvalue weighted by Crippen LogP contribution is -2.43. The minimum Gasteiger partial charge on any atom is -0.348 e. The van der Waals surface area contributed by atoms with E-state index in [4.69, 9.17) is 9.47 Å². The lowest BCUT2D eigenvalue weighted by atomic mass is 9.67. The average Bonchev–Trinajstić information content (AvgIpc) is 3.65. The van der Waals surface area contributed by atoms with E-state index >= 15 is 0 Å². The van der Waals surface area contributed by atoms with Gasteiger partial charge in [0.15, 0.2) is 5.79 Å². The lowest BCUT2D eigenvalue weighted by Gasteiger charge is -2.44. The summed E-state index contributed by atoms with van der Waals surface area (Å²) < 4.78 is 11.7. The Kier molecular flexibility index (Phi) is 10.9. The third-order valence-electron chi connectivity index (χ3n) is 12.8. The standard InChI is InChI=1S/C14H26O2.2C12H22/c1-10(2)12-5-6-14(15-7-8-16-14)9-13(12)11(3)4;2*1-7(2)10-5-9-6-11(9)12(10)8(3)4/h10-13H,5-9H2,1-4H3;2*7-12H,5-6H2,1-4H3. The van der Waals surface area contributed by atoms with E-state index in [1.165, 1.54) is 6.42 Å². The molecule has 0 aromatic heterocycles. The third kappa shape index (κ3) is 7.34. The van der Waals surface area contributed by atoms with Gasteiger partial charge in [-0.3, -0.25) is 0 Å². The third-order valence-corrected chi connectivity index (χ3v) is 12.8. The van der Waals surface area contributed by atoms with Gasteiger partial charge in [-0.2, -0.15) is 0 Å². The van der Waals surface area contributed by atoms with Crippen molar-refractivity contribution in [1.29, 1.82) is 0 Å². The van der Waals surface area contributed by atoms with E-state index in [1.54, 1.807) is 25.7 Å². The predicted molar refractivity (Wildman–Crippen MR) is 171 cm³/mol. The fourth-order valence-corrected chi connectivity index (χ4v) is 10.6. The first kappa shape index (κ1) is 32.8. The van der Waals surface area contributed by atoms with Crippen LogP contribution in [0.15, 0.2) is 0 Å². The molecule has 0 bridgehead atoms. The van der Waals surface area contributed by atoms with Crippen molar-refractivity contribution in [1.82, 2.24) is 0 Å². The highest BCUT2D eigenvalue weighted by Gasteiger charge is 2.55. The van der Waals surface area contributed by atoms with E-state index in [9.17, 15) is 0 Å². The predicted octanol–water partition coefficient (Wildman–Crippen LogP) is 10.6. The molecule has 2 heteroatoms. The maximum absolute atomic E-state index is 5.87. The summed E-state index contributed by atoms with van der Waals surface area (Å²) in [4.78, 5) is 0. The van der Waals surface area contributed by atoms with Gasteiger partial charge in [-0.1, -0.05) is 83.1 Å². The van der Waals surface area contributed by atoms with Crippen LogP contribution in [0.3, 0.4) is 0 Å². The summed E-state index contributed by atoms with van der Waals surface area (Å²) in [5.74, 6) is 15.4. The molecule has 1 heterocycles. The van der Waals surface area contributed by atoms with Crippen molar-refractivity contribution in [3.63, 3.8) is 0 Å². The summed E-state index contributed by atoms with van der Waals surface area (Å²) >= 11 is 0. The monoisotopic (exact) mass is 559 g/mol. The van der Waals surface area contributed by atoms with Crippen LogP contribution in [-0.4, -0.2) is 19.0 Å². The smallest absolute Gasteiger partial charge is 0.168 e. The summed E-state index contributed by atoms with van der Waals surface area (Å²) in [5, 5.41) is 0. The fraction of sp³-hybridized carbons (Fsp3) is 1.00. The Bertz CT molecular complexity index is 734. The van der Waals surface area contributed by atoms with Crippen LogP contribution in [0.25, 0.3) is 0 Å². The van der Waals surface area contributed by atoms with Crippen LogP contribution in [0.2, 0.25) is 0 Å². The maximum Gasteiger partial charge on any atom is 0.168 e. The Hall–Kier alpha value is -0.0800. The SMILES string of the molecule is CC(C)C1CC2CC2C1C(C)C.CC(C)C1CC2CC2C1C(C)C.CC(C)C1CCC2(CC1C(C)C)OCCO2. The highest BCUT2D eigenvalue weighted by Crippen LogP contribution is 2.62. The van der Waals surface area contributed by atoms with Crippen LogP contribution in [0.1, 0.15) is 128 Å². The lowest BCUT2D eigenvalue weighted by molar-refractivity contribution is -0.201. The number of hydrogen-bond donors (Lipinski definition) is 0. The summed E-state index contributed by atoms with van der Waals surface area (Å²) in [6.45, 7) is 30.3. The molecule has 5 saturated carbocycles. The van der Waals surface area contributed by atoms with E-state index in [-0.39, 0.29) is 5.79 Å². The van der Waals surface area contributed by atoms with Crippen molar-refractivity contribution < 1.29 is 9.47 Å². The van der Waals surface area contributed by atoms with E-state index in [2.05, 4.69) is 83.1 Å². The maximum atomic E-state index is 5.87. The molecule has 2 nitrogen and oxygen atoms in total. The molecule has 0 aromatic carbocycles. The summed E-state index contributed by atoms with van der Waals surface area (Å²) in [6, 6.07) is 0. The van der Waals surface area contributed by atoms with Gasteiger partial charge in [0.2, 0.25) is 0 Å². The van der Waals surface area contributed by atoms with Crippen LogP contribution in [0, 0.1) is 94.7 Å². The van der Waals surface area contributed by atoms with E-state index < -0.39 is 0 Å². The van der Waals surface area contributed by atoms with Gasteiger partial charge < -0.3 is 9.47 Å². The Morgan fingerprint density at radius 2 is 0.875 bits per heavy atom. The highest BCUT2D eigenvalue weighted by molar-refractivity contribution is 5.04. The molecule has 1 saturated heterocycles. The van der Waals surface area contributed by atoms with Crippen molar-refractivity contribution in [2.75, 3.05) is 13.2 Å². The Morgan fingerprint density at radius 1 is 0.475 bits per heavy atom. The van der Waals surface area contributed by atoms with Gasteiger partial charge in [0.1, 0.15) is 0 Å². The largest absolute Gasteiger partial charge is 0.348 e. The first-order valence-corrected chi connectivity index (χ1v) is 18.0. The average molecular weight is 559 g/mol. The molecule has 6 fully saturated rings. The van der Waals surface area contributed by atoms with Gasteiger partial charge in [-0.05, 0) is 127 Å². The molecule has 1 spiro atoms. The van der Waals surface area contributed by atoms with Gasteiger partial charge in [0, 0.05) is 12.8 Å². The molecule has 234 valence electrons. The van der Waals surface area contributed by atoms with Gasteiger partial charge in [0.05, 0.1) is 13.2 Å². The van der Waals surface area contributed by atoms with Crippen LogP contribution < -0.4 is 0 Å². The van der Waals surface area contributed by atoms with Crippen molar-refractivity contribution >= 4 is 0 Å². The second-order valence-electron chi connectivity index (χ2n) is 17.4. The van der Waals surface area contributed by atoms with Crippen LogP contribution in [0.5, 0.6) is 0 Å². The quantitative estimate of drug-likeness (QED) is 0.323. The molecule has 0 amide bonds. The van der Waals surface area contributed by atoms with Crippen LogP contribution in [-0.2, 0) is 9.47 Å². The van der Waals surface area contributed by atoms with E-state index in [1.807, 2.05) is 0 Å². The number of ether oxygens (including phenoxy) is 2. The van der Waals surface area contributed by atoms with Crippen molar-refractivity contribution in [3.05, 3.63) is 0 Å². The fourth-order valence-electron chi connectivity index (χ4n) is 10.6. The minimum absolute atomic E-state index is 0.208. The van der Waals surface area contributed by atoms with Crippen molar-refractivity contribution in [2.45, 2.75) is 134 Å². The summed E-state index contributed by atoms with van der Waals surface area (Å²) in [5.41, 5.74) is 0. The molecule has 0 radical (unpaired) electrons. The topological polar surface area (TPSA) is 18.5 Å². The summed E-state index contributed by atoms with van der Waals surface area (Å²) in [6.07, 6.45) is 9.68. The van der Waals surface area contributed by atoms with Crippen LogP contribution >= 0.6 is 0 Å². The Morgan fingerprint density at radius 3 is 1.20 bits per heavy atom. The van der Waals surface area contributed by atoms with Crippen molar-refractivity contribution in [3.8, 4) is 0 Å². The van der Waals surface area contributed by atoms with Crippen molar-refractivity contribution in [2.24, 2.45) is 94.7 Å². The Balaban J connectivity index is 0.000000141. The number of hydrogen-bond acceptors (Lipinski definition) is 2. The zero-order valence-corrected chi connectivity index (χ0v) is 28.9. The van der Waals surface area contributed by atoms with Crippen LogP contribution in [0.4, 0.5) is 0 Å².